The summed E-state index contributed by atoms with van der Waals surface area (Å²) < 4.78 is 0. The van der Waals surface area contributed by atoms with Crippen molar-refractivity contribution >= 4 is 11.6 Å². The summed E-state index contributed by atoms with van der Waals surface area (Å²) in [4.78, 5) is 12.0. The van der Waals surface area contributed by atoms with Gasteiger partial charge in [0.05, 0.1) is 0 Å². The zero-order chi connectivity index (χ0) is 14.4. The fourth-order valence-corrected chi connectivity index (χ4v) is 1.96. The molecule has 104 valence electrons. The van der Waals surface area contributed by atoms with Crippen LogP contribution in [0.4, 0.5) is 5.69 Å². The maximum Gasteiger partial charge on any atom is 0.257 e. The molecule has 3 N–H and O–H groups in total. The molecule has 0 saturated carbocycles. The van der Waals surface area contributed by atoms with Crippen molar-refractivity contribution in [1.29, 1.82) is 0 Å². The minimum atomic E-state index is -1.16. The molecule has 1 amide bonds. The van der Waals surface area contributed by atoms with Crippen molar-refractivity contribution in [2.24, 2.45) is 0 Å². The Kier molecular flexibility index (Phi) is 4.87. The molecular weight excluding hydrogens is 252 g/mol. The van der Waals surface area contributed by atoms with E-state index in [1.54, 1.807) is 30.3 Å². The molecule has 0 heterocycles. The molecule has 0 spiro atoms. The summed E-state index contributed by atoms with van der Waals surface area (Å²) in [6, 6.07) is 16.4. The highest BCUT2D eigenvalue weighted by Crippen LogP contribution is 2.16. The lowest BCUT2D eigenvalue weighted by Crippen LogP contribution is -2.20. The van der Waals surface area contributed by atoms with Gasteiger partial charge in [-0.3, -0.25) is 4.79 Å². The number of hydrogen-bond donors (Lipinski definition) is 3. The van der Waals surface area contributed by atoms with E-state index in [4.69, 9.17) is 0 Å². The molecule has 2 aromatic rings. The van der Waals surface area contributed by atoms with Gasteiger partial charge in [0.2, 0.25) is 0 Å². The van der Waals surface area contributed by atoms with E-state index in [9.17, 15) is 9.90 Å². The van der Waals surface area contributed by atoms with E-state index in [-0.39, 0.29) is 0 Å². The Labute approximate surface area is 118 Å². The zero-order valence-corrected chi connectivity index (χ0v) is 11.3. The van der Waals surface area contributed by atoms with Crippen LogP contribution in [0.15, 0.2) is 54.6 Å². The summed E-state index contributed by atoms with van der Waals surface area (Å²) in [5.41, 5.74) is 2.33. The van der Waals surface area contributed by atoms with Crippen LogP contribution in [0.5, 0.6) is 0 Å². The second-order valence-corrected chi connectivity index (χ2v) is 4.53. The van der Waals surface area contributed by atoms with Crippen LogP contribution in [0, 0.1) is 0 Å². The Hall–Kier alpha value is -2.17. The molecule has 0 bridgehead atoms. The van der Waals surface area contributed by atoms with E-state index in [2.05, 4.69) is 10.6 Å². The van der Waals surface area contributed by atoms with Crippen LogP contribution >= 0.6 is 0 Å². The van der Waals surface area contributed by atoms with Crippen molar-refractivity contribution in [2.75, 3.05) is 12.4 Å². The standard InChI is InChI=1S/C16H18N2O2/c1-17-11-12-6-5-9-14(10-12)18-16(20)15(19)13-7-3-2-4-8-13/h2-10,15,17,19H,11H2,1H3,(H,18,20). The van der Waals surface area contributed by atoms with Gasteiger partial charge in [0, 0.05) is 12.2 Å². The third-order valence-electron chi connectivity index (χ3n) is 2.94. The summed E-state index contributed by atoms with van der Waals surface area (Å²) >= 11 is 0. The summed E-state index contributed by atoms with van der Waals surface area (Å²) in [5, 5.41) is 15.8. The maximum atomic E-state index is 12.0. The van der Waals surface area contributed by atoms with Gasteiger partial charge in [-0.1, -0.05) is 42.5 Å². The molecule has 2 aromatic carbocycles. The topological polar surface area (TPSA) is 61.4 Å². The Morgan fingerprint density at radius 2 is 1.90 bits per heavy atom. The highest BCUT2D eigenvalue weighted by atomic mass is 16.3. The SMILES string of the molecule is CNCc1cccc(NC(=O)C(O)c2ccccc2)c1. The molecule has 20 heavy (non-hydrogen) atoms. The van der Waals surface area contributed by atoms with Crippen LogP contribution in [0.25, 0.3) is 0 Å². The lowest BCUT2D eigenvalue weighted by Gasteiger charge is -2.12. The van der Waals surface area contributed by atoms with Crippen LogP contribution in [0.3, 0.4) is 0 Å². The van der Waals surface area contributed by atoms with Crippen LogP contribution in [0.2, 0.25) is 0 Å². The molecule has 2 rings (SSSR count). The first-order valence-corrected chi connectivity index (χ1v) is 6.48. The maximum absolute atomic E-state index is 12.0. The molecule has 1 atom stereocenters. The third-order valence-corrected chi connectivity index (χ3v) is 2.94. The Balaban J connectivity index is 2.06. The van der Waals surface area contributed by atoms with Crippen molar-refractivity contribution in [3.63, 3.8) is 0 Å². The van der Waals surface area contributed by atoms with Crippen molar-refractivity contribution in [3.8, 4) is 0 Å². The van der Waals surface area contributed by atoms with Gasteiger partial charge in [-0.15, -0.1) is 0 Å². The fourth-order valence-electron chi connectivity index (χ4n) is 1.96. The first kappa shape index (κ1) is 14.2. The van der Waals surface area contributed by atoms with Crippen LogP contribution in [-0.4, -0.2) is 18.1 Å². The molecule has 4 heteroatoms. The number of anilines is 1. The van der Waals surface area contributed by atoms with Gasteiger partial charge in [-0.25, -0.2) is 0 Å². The minimum Gasteiger partial charge on any atom is -0.378 e. The largest absolute Gasteiger partial charge is 0.378 e. The molecule has 0 fully saturated rings. The lowest BCUT2D eigenvalue weighted by atomic mass is 10.1. The van der Waals surface area contributed by atoms with Gasteiger partial charge in [-0.05, 0) is 30.3 Å². The van der Waals surface area contributed by atoms with Crippen LogP contribution < -0.4 is 10.6 Å². The Morgan fingerprint density at radius 3 is 2.60 bits per heavy atom. The number of aliphatic hydroxyl groups excluding tert-OH is 1. The number of benzene rings is 2. The van der Waals surface area contributed by atoms with E-state index in [1.165, 1.54) is 0 Å². The fraction of sp³-hybridized carbons (Fsp3) is 0.188. The number of nitrogens with one attached hydrogen (secondary N) is 2. The molecule has 4 nitrogen and oxygen atoms in total. The van der Waals surface area contributed by atoms with Gasteiger partial charge in [0.15, 0.2) is 6.10 Å². The summed E-state index contributed by atoms with van der Waals surface area (Å²) in [6.45, 7) is 0.727. The van der Waals surface area contributed by atoms with E-state index < -0.39 is 12.0 Å². The molecule has 0 aromatic heterocycles. The second kappa shape index (κ2) is 6.84. The smallest absolute Gasteiger partial charge is 0.257 e. The van der Waals surface area contributed by atoms with Gasteiger partial charge in [0.25, 0.3) is 5.91 Å². The van der Waals surface area contributed by atoms with Crippen molar-refractivity contribution < 1.29 is 9.90 Å². The van der Waals surface area contributed by atoms with Gasteiger partial charge in [-0.2, -0.15) is 0 Å². The number of aliphatic hydroxyl groups is 1. The predicted molar refractivity (Wildman–Crippen MR) is 79.2 cm³/mol. The summed E-state index contributed by atoms with van der Waals surface area (Å²) in [6.07, 6.45) is -1.16. The third kappa shape index (κ3) is 3.66. The number of carbonyl (C=O) groups excluding carboxylic acids is 1. The molecule has 0 aliphatic heterocycles. The average molecular weight is 270 g/mol. The van der Waals surface area contributed by atoms with Gasteiger partial charge >= 0.3 is 0 Å². The first-order valence-electron chi connectivity index (χ1n) is 6.48. The Morgan fingerprint density at radius 1 is 1.15 bits per heavy atom. The molecule has 1 unspecified atom stereocenters. The molecule has 0 aliphatic rings. The number of rotatable bonds is 5. The number of amides is 1. The summed E-state index contributed by atoms with van der Waals surface area (Å²) in [5.74, 6) is -0.433. The van der Waals surface area contributed by atoms with E-state index in [0.29, 0.717) is 11.3 Å². The van der Waals surface area contributed by atoms with E-state index in [1.807, 2.05) is 31.3 Å². The number of hydrogen-bond acceptors (Lipinski definition) is 3. The summed E-state index contributed by atoms with van der Waals surface area (Å²) in [7, 11) is 1.87. The second-order valence-electron chi connectivity index (χ2n) is 4.53. The minimum absolute atomic E-state index is 0.433. The average Bonchev–Trinajstić information content (AvgIpc) is 2.48. The zero-order valence-electron chi connectivity index (χ0n) is 11.3. The number of carbonyl (C=O) groups is 1. The van der Waals surface area contributed by atoms with Crippen molar-refractivity contribution in [3.05, 3.63) is 65.7 Å². The predicted octanol–water partition coefficient (Wildman–Crippen LogP) is 2.08. The van der Waals surface area contributed by atoms with Gasteiger partial charge < -0.3 is 15.7 Å². The van der Waals surface area contributed by atoms with E-state index in [0.717, 1.165) is 12.1 Å². The monoisotopic (exact) mass is 270 g/mol. The quantitative estimate of drug-likeness (QED) is 0.779. The Bertz CT molecular complexity index is 570. The molecule has 0 saturated heterocycles. The van der Waals surface area contributed by atoms with Crippen molar-refractivity contribution in [2.45, 2.75) is 12.6 Å². The van der Waals surface area contributed by atoms with Crippen molar-refractivity contribution in [1.82, 2.24) is 5.32 Å². The van der Waals surface area contributed by atoms with Crippen LogP contribution in [-0.2, 0) is 11.3 Å². The van der Waals surface area contributed by atoms with E-state index >= 15 is 0 Å². The highest BCUT2D eigenvalue weighted by Gasteiger charge is 2.16. The normalized spacial score (nSPS) is 11.9. The first-order chi connectivity index (χ1) is 9.70. The molecular formula is C16H18N2O2. The van der Waals surface area contributed by atoms with Crippen LogP contribution in [0.1, 0.15) is 17.2 Å². The molecule has 0 aliphatic carbocycles. The van der Waals surface area contributed by atoms with Gasteiger partial charge in [0.1, 0.15) is 0 Å². The lowest BCUT2D eigenvalue weighted by molar-refractivity contribution is -0.124. The highest BCUT2D eigenvalue weighted by molar-refractivity contribution is 5.94. The molecule has 0 radical (unpaired) electrons.